The van der Waals surface area contributed by atoms with Gasteiger partial charge in [-0.3, -0.25) is 9.59 Å². The Labute approximate surface area is 245 Å². The zero-order valence-corrected chi connectivity index (χ0v) is 23.9. The van der Waals surface area contributed by atoms with Gasteiger partial charge in [-0.2, -0.15) is 5.10 Å². The molecule has 0 bridgehead atoms. The number of Topliss-reactive ketones (excluding diaryl/α,β-unsaturated/α-hetero) is 1. The van der Waals surface area contributed by atoms with Crippen molar-refractivity contribution in [3.63, 3.8) is 0 Å². The summed E-state index contributed by atoms with van der Waals surface area (Å²) < 4.78 is 11.3. The van der Waals surface area contributed by atoms with Crippen molar-refractivity contribution < 1.29 is 19.1 Å². The van der Waals surface area contributed by atoms with Gasteiger partial charge < -0.3 is 30.9 Å². The number of aromatic amines is 1. The van der Waals surface area contributed by atoms with E-state index in [1.807, 2.05) is 85.9 Å². The Morgan fingerprint density at radius 3 is 2.57 bits per heavy atom. The number of nitrogens with zero attached hydrogens (tertiary/aromatic N) is 1. The molecule has 3 unspecified atom stereocenters. The number of H-pyrrole nitrogens is 1. The van der Waals surface area contributed by atoms with Gasteiger partial charge in [0.15, 0.2) is 5.78 Å². The lowest BCUT2D eigenvalue weighted by molar-refractivity contribution is -0.127. The summed E-state index contributed by atoms with van der Waals surface area (Å²) in [5.41, 5.74) is 14.7. The van der Waals surface area contributed by atoms with E-state index in [0.29, 0.717) is 18.6 Å². The minimum Gasteiger partial charge on any atom is -0.496 e. The van der Waals surface area contributed by atoms with Crippen molar-refractivity contribution in [1.82, 2.24) is 15.7 Å². The lowest BCUT2D eigenvalue weighted by Gasteiger charge is -2.24. The number of nitrogens with two attached hydrogens (primary N) is 1. The summed E-state index contributed by atoms with van der Waals surface area (Å²) in [6.07, 6.45) is 2.92. The number of hydrazone groups is 1. The number of ketones is 1. The van der Waals surface area contributed by atoms with E-state index in [1.54, 1.807) is 7.11 Å². The van der Waals surface area contributed by atoms with Crippen molar-refractivity contribution in [3.8, 4) is 11.5 Å². The molecule has 9 nitrogen and oxygen atoms in total. The van der Waals surface area contributed by atoms with E-state index in [2.05, 4.69) is 20.8 Å². The first-order valence-corrected chi connectivity index (χ1v) is 14.2. The second-order valence-corrected chi connectivity index (χ2v) is 10.6. The Morgan fingerprint density at radius 2 is 1.81 bits per heavy atom. The van der Waals surface area contributed by atoms with E-state index in [0.717, 1.165) is 45.5 Å². The van der Waals surface area contributed by atoms with Gasteiger partial charge in [0.1, 0.15) is 18.1 Å². The number of para-hydroxylation sites is 2. The number of rotatable bonds is 13. The number of hydrogen-bond donors (Lipinski definition) is 4. The van der Waals surface area contributed by atoms with Gasteiger partial charge in [-0.05, 0) is 60.7 Å². The van der Waals surface area contributed by atoms with Crippen LogP contribution in [0.4, 0.5) is 0 Å². The Hall–Kier alpha value is -4.63. The van der Waals surface area contributed by atoms with Crippen LogP contribution in [0.1, 0.15) is 42.5 Å². The van der Waals surface area contributed by atoms with Crippen LogP contribution in [0.2, 0.25) is 0 Å². The van der Waals surface area contributed by atoms with Crippen molar-refractivity contribution in [2.24, 2.45) is 16.8 Å². The first-order valence-electron chi connectivity index (χ1n) is 14.2. The molecular formula is C33H37N5O4. The molecule has 3 atom stereocenters. The van der Waals surface area contributed by atoms with Crippen molar-refractivity contribution in [2.75, 3.05) is 13.7 Å². The van der Waals surface area contributed by atoms with E-state index in [1.165, 1.54) is 0 Å². The number of aryl methyl sites for hydroxylation is 1. The fourth-order valence-corrected chi connectivity index (χ4v) is 5.32. The molecule has 5 rings (SSSR count). The SMILES string of the molecule is COc1ccccc1CCC(=O)NC(N)C(Cc1c[nH]c2ccccc12)C(=O)COc1ccc(C2CC(C)=NN2)cc1. The molecule has 4 aromatic rings. The Bertz CT molecular complexity index is 1560. The summed E-state index contributed by atoms with van der Waals surface area (Å²) in [5.74, 6) is 0.198. The van der Waals surface area contributed by atoms with Gasteiger partial charge in [0.25, 0.3) is 0 Å². The van der Waals surface area contributed by atoms with Crippen LogP contribution in [-0.2, 0) is 22.4 Å². The second-order valence-electron chi connectivity index (χ2n) is 10.6. The average molecular weight is 568 g/mol. The second kappa shape index (κ2) is 13.4. The predicted molar refractivity (Wildman–Crippen MR) is 163 cm³/mol. The predicted octanol–water partition coefficient (Wildman–Crippen LogP) is 4.43. The molecule has 0 saturated carbocycles. The topological polar surface area (TPSA) is 131 Å². The standard InChI is InChI=1S/C33H37N5O4/c1-21-17-29(38-37-21)22-11-14-25(15-12-22)42-20-30(39)27(18-24-19-35-28-9-5-4-8-26(24)28)33(34)36-32(40)16-13-23-7-3-6-10-31(23)41-2/h3-12,14-15,19,27,29,33,35,38H,13,16-18,20,34H2,1-2H3,(H,36,40). The normalized spacial score (nSPS) is 15.9. The highest BCUT2D eigenvalue weighted by atomic mass is 16.5. The van der Waals surface area contributed by atoms with Crippen molar-refractivity contribution in [1.29, 1.82) is 0 Å². The van der Waals surface area contributed by atoms with Gasteiger partial charge in [-0.1, -0.05) is 48.5 Å². The number of benzene rings is 3. The molecule has 1 aliphatic heterocycles. The molecule has 1 aromatic heterocycles. The molecule has 2 heterocycles. The number of carbonyl (C=O) groups is 2. The summed E-state index contributed by atoms with van der Waals surface area (Å²) >= 11 is 0. The third-order valence-electron chi connectivity index (χ3n) is 7.68. The van der Waals surface area contributed by atoms with Crippen LogP contribution >= 0.6 is 0 Å². The highest BCUT2D eigenvalue weighted by molar-refractivity contribution is 5.87. The number of fused-ring (bicyclic) bond motifs is 1. The Balaban J connectivity index is 1.25. The lowest BCUT2D eigenvalue weighted by Crippen LogP contribution is -2.51. The number of methoxy groups -OCH3 is 1. The Kier molecular flexibility index (Phi) is 9.18. The molecule has 0 radical (unpaired) electrons. The van der Waals surface area contributed by atoms with Gasteiger partial charge >= 0.3 is 0 Å². The van der Waals surface area contributed by atoms with E-state index >= 15 is 0 Å². The minimum absolute atomic E-state index is 0.144. The summed E-state index contributed by atoms with van der Waals surface area (Å²) in [6, 6.07) is 23.3. The first-order chi connectivity index (χ1) is 20.4. The molecule has 42 heavy (non-hydrogen) atoms. The van der Waals surface area contributed by atoms with Crippen molar-refractivity contribution in [3.05, 3.63) is 95.7 Å². The van der Waals surface area contributed by atoms with E-state index in [4.69, 9.17) is 15.2 Å². The monoisotopic (exact) mass is 567 g/mol. The fourth-order valence-electron chi connectivity index (χ4n) is 5.32. The molecule has 0 fully saturated rings. The maximum Gasteiger partial charge on any atom is 0.221 e. The van der Waals surface area contributed by atoms with Crippen LogP contribution in [0.25, 0.3) is 10.9 Å². The summed E-state index contributed by atoms with van der Waals surface area (Å²) in [4.78, 5) is 29.7. The maximum absolute atomic E-state index is 13.6. The zero-order chi connectivity index (χ0) is 29.5. The molecule has 9 heteroatoms. The van der Waals surface area contributed by atoms with Gasteiger partial charge in [-0.25, -0.2) is 0 Å². The number of ether oxygens (including phenoxy) is 2. The van der Waals surface area contributed by atoms with Gasteiger partial charge in [0.05, 0.1) is 25.2 Å². The molecule has 218 valence electrons. The average Bonchev–Trinajstić information content (AvgIpc) is 3.64. The summed E-state index contributed by atoms with van der Waals surface area (Å²) in [5, 5.41) is 8.14. The number of nitrogens with one attached hydrogen (secondary N) is 3. The molecule has 0 saturated heterocycles. The molecule has 1 aliphatic rings. The van der Waals surface area contributed by atoms with Crippen LogP contribution in [0.5, 0.6) is 11.5 Å². The Morgan fingerprint density at radius 1 is 1.05 bits per heavy atom. The lowest BCUT2D eigenvalue weighted by atomic mass is 9.92. The molecule has 3 aromatic carbocycles. The van der Waals surface area contributed by atoms with Crippen molar-refractivity contribution in [2.45, 2.75) is 44.8 Å². The van der Waals surface area contributed by atoms with Crippen LogP contribution in [0.15, 0.2) is 84.1 Å². The van der Waals surface area contributed by atoms with E-state index in [-0.39, 0.29) is 30.8 Å². The highest BCUT2D eigenvalue weighted by Crippen LogP contribution is 2.25. The fraction of sp³-hybridized carbons (Fsp3) is 0.303. The molecule has 0 aliphatic carbocycles. The third kappa shape index (κ3) is 6.98. The smallest absolute Gasteiger partial charge is 0.221 e. The van der Waals surface area contributed by atoms with Gasteiger partial charge in [-0.15, -0.1) is 0 Å². The van der Waals surface area contributed by atoms with Crippen LogP contribution < -0.4 is 25.9 Å². The van der Waals surface area contributed by atoms with Crippen LogP contribution in [-0.4, -0.2) is 42.3 Å². The van der Waals surface area contributed by atoms with Gasteiger partial charge in [0.2, 0.25) is 5.91 Å². The summed E-state index contributed by atoms with van der Waals surface area (Å²) in [7, 11) is 1.61. The first kappa shape index (κ1) is 28.9. The third-order valence-corrected chi connectivity index (χ3v) is 7.68. The van der Waals surface area contributed by atoms with Crippen molar-refractivity contribution >= 4 is 28.3 Å². The quantitative estimate of drug-likeness (QED) is 0.177. The van der Waals surface area contributed by atoms with E-state index in [9.17, 15) is 9.59 Å². The largest absolute Gasteiger partial charge is 0.496 e. The maximum atomic E-state index is 13.6. The molecule has 5 N–H and O–H groups in total. The molecule has 1 amide bonds. The summed E-state index contributed by atoms with van der Waals surface area (Å²) in [6.45, 7) is 1.83. The number of amides is 1. The number of hydrogen-bond acceptors (Lipinski definition) is 7. The van der Waals surface area contributed by atoms with Crippen LogP contribution in [0.3, 0.4) is 0 Å². The number of aromatic nitrogens is 1. The van der Waals surface area contributed by atoms with Crippen LogP contribution in [0, 0.1) is 5.92 Å². The molecular weight excluding hydrogens is 530 g/mol. The van der Waals surface area contributed by atoms with E-state index < -0.39 is 12.1 Å². The highest BCUT2D eigenvalue weighted by Gasteiger charge is 2.29. The molecule has 0 spiro atoms. The zero-order valence-electron chi connectivity index (χ0n) is 23.9. The number of carbonyl (C=O) groups excluding carboxylic acids is 2. The van der Waals surface area contributed by atoms with Gasteiger partial charge in [0, 0.05) is 35.7 Å². The minimum atomic E-state index is -0.890.